The molecule has 2 aromatic carbocycles. The second kappa shape index (κ2) is 7.14. The largest absolute Gasteiger partial charge is 0.350 e. The minimum absolute atomic E-state index is 0.0261. The Hall–Kier alpha value is -2.92. The van der Waals surface area contributed by atoms with Crippen LogP contribution in [0.5, 0.6) is 0 Å². The van der Waals surface area contributed by atoms with Crippen molar-refractivity contribution in [2.75, 3.05) is 10.2 Å². The number of rotatable bonds is 5. The van der Waals surface area contributed by atoms with Gasteiger partial charge in [0.15, 0.2) is 5.78 Å². The van der Waals surface area contributed by atoms with Crippen molar-refractivity contribution >= 4 is 40.6 Å². The summed E-state index contributed by atoms with van der Waals surface area (Å²) in [6, 6.07) is 13.8. The van der Waals surface area contributed by atoms with Gasteiger partial charge >= 0.3 is 0 Å². The Morgan fingerprint density at radius 2 is 1.69 bits per heavy atom. The molecule has 0 unspecified atom stereocenters. The molecule has 0 aliphatic carbocycles. The molecule has 132 valence electrons. The molecule has 1 heterocycles. The Bertz CT molecular complexity index is 932. The molecule has 0 spiro atoms. The van der Waals surface area contributed by atoms with Crippen molar-refractivity contribution in [3.8, 4) is 0 Å². The first-order valence-corrected chi connectivity index (χ1v) is 8.56. The van der Waals surface area contributed by atoms with Gasteiger partial charge in [-0.2, -0.15) is 0 Å². The monoisotopic (exact) mass is 368 g/mol. The number of hydrogen-bond acceptors (Lipinski definition) is 4. The third-order valence-corrected chi connectivity index (χ3v) is 4.55. The highest BCUT2D eigenvalue weighted by Gasteiger charge is 2.39. The van der Waals surface area contributed by atoms with E-state index < -0.39 is 11.8 Å². The molecule has 6 heteroatoms. The molecular weight excluding hydrogens is 352 g/mol. The summed E-state index contributed by atoms with van der Waals surface area (Å²) in [4.78, 5) is 37.8. The lowest BCUT2D eigenvalue weighted by Crippen LogP contribution is -2.33. The van der Waals surface area contributed by atoms with Crippen LogP contribution in [0.2, 0.25) is 0 Å². The van der Waals surface area contributed by atoms with E-state index in [0.717, 1.165) is 10.5 Å². The van der Waals surface area contributed by atoms with Crippen LogP contribution in [0.4, 0.5) is 11.4 Å². The van der Waals surface area contributed by atoms with Crippen molar-refractivity contribution in [1.29, 1.82) is 0 Å². The summed E-state index contributed by atoms with van der Waals surface area (Å²) in [6.45, 7) is 3.43. The number of nitrogens with one attached hydrogen (secondary N) is 1. The number of benzene rings is 2. The number of nitrogens with zero attached hydrogens (tertiary/aromatic N) is 1. The summed E-state index contributed by atoms with van der Waals surface area (Å²) >= 11 is 6.15. The first-order chi connectivity index (χ1) is 12.4. The van der Waals surface area contributed by atoms with Crippen molar-refractivity contribution in [1.82, 2.24) is 0 Å². The molecule has 1 aliphatic heterocycles. The van der Waals surface area contributed by atoms with Crippen LogP contribution in [0.3, 0.4) is 0 Å². The smallest absolute Gasteiger partial charge is 0.283 e. The van der Waals surface area contributed by atoms with Crippen LogP contribution in [-0.2, 0) is 16.0 Å². The molecule has 3 rings (SSSR count). The highest BCUT2D eigenvalue weighted by Crippen LogP contribution is 2.32. The molecule has 0 fully saturated rings. The van der Waals surface area contributed by atoms with Crippen LogP contribution < -0.4 is 10.2 Å². The van der Waals surface area contributed by atoms with E-state index in [1.807, 2.05) is 19.1 Å². The van der Waals surface area contributed by atoms with Crippen molar-refractivity contribution in [3.63, 3.8) is 0 Å². The van der Waals surface area contributed by atoms with Gasteiger partial charge < -0.3 is 5.32 Å². The molecule has 1 aliphatic rings. The molecule has 1 N–H and O–H groups in total. The zero-order valence-electron chi connectivity index (χ0n) is 14.4. The maximum Gasteiger partial charge on any atom is 0.283 e. The SMILES string of the molecule is CCc1ccccc1N1C(=O)C(Cl)=C(Nc2ccc(C(C)=O)cc2)C1=O. The summed E-state index contributed by atoms with van der Waals surface area (Å²) in [7, 11) is 0. The summed E-state index contributed by atoms with van der Waals surface area (Å²) in [5.74, 6) is -1.11. The van der Waals surface area contributed by atoms with Crippen molar-refractivity contribution in [2.45, 2.75) is 20.3 Å². The molecule has 0 saturated carbocycles. The number of ketones is 1. The van der Waals surface area contributed by atoms with Crippen molar-refractivity contribution in [2.24, 2.45) is 0 Å². The lowest BCUT2D eigenvalue weighted by molar-refractivity contribution is -0.120. The Kier molecular flexibility index (Phi) is 4.91. The molecule has 0 atom stereocenters. The lowest BCUT2D eigenvalue weighted by atomic mass is 10.1. The van der Waals surface area contributed by atoms with E-state index in [4.69, 9.17) is 11.6 Å². The Morgan fingerprint density at radius 3 is 2.31 bits per heavy atom. The van der Waals surface area contributed by atoms with E-state index in [2.05, 4.69) is 5.32 Å². The standard InChI is InChI=1S/C20H17ClN2O3/c1-3-13-6-4-5-7-16(13)23-19(25)17(21)18(20(23)26)22-15-10-8-14(9-11-15)12(2)24/h4-11,22H,3H2,1-2H3. The zero-order chi connectivity index (χ0) is 18.8. The minimum atomic E-state index is -0.555. The number of anilines is 2. The van der Waals surface area contributed by atoms with E-state index in [9.17, 15) is 14.4 Å². The summed E-state index contributed by atoms with van der Waals surface area (Å²) in [5, 5.41) is 2.74. The van der Waals surface area contributed by atoms with E-state index in [1.165, 1.54) is 6.92 Å². The van der Waals surface area contributed by atoms with Crippen LogP contribution in [0, 0.1) is 0 Å². The molecule has 2 amide bonds. The number of hydrogen-bond donors (Lipinski definition) is 1. The first kappa shape index (κ1) is 17.9. The van der Waals surface area contributed by atoms with Gasteiger partial charge in [-0.1, -0.05) is 36.7 Å². The first-order valence-electron chi connectivity index (χ1n) is 8.18. The minimum Gasteiger partial charge on any atom is -0.350 e. The number of amides is 2. The van der Waals surface area contributed by atoms with Gasteiger partial charge in [0.1, 0.15) is 10.7 Å². The van der Waals surface area contributed by atoms with Crippen LogP contribution >= 0.6 is 11.6 Å². The van der Waals surface area contributed by atoms with Gasteiger partial charge in [-0.3, -0.25) is 14.4 Å². The van der Waals surface area contributed by atoms with Crippen molar-refractivity contribution in [3.05, 3.63) is 70.4 Å². The molecule has 0 saturated heterocycles. The number of aryl methyl sites for hydroxylation is 1. The predicted molar refractivity (Wildman–Crippen MR) is 101 cm³/mol. The predicted octanol–water partition coefficient (Wildman–Crippen LogP) is 3.89. The highest BCUT2D eigenvalue weighted by atomic mass is 35.5. The molecule has 2 aromatic rings. The Morgan fingerprint density at radius 1 is 1.04 bits per heavy atom. The molecular formula is C20H17ClN2O3. The van der Waals surface area contributed by atoms with Gasteiger partial charge in [0.25, 0.3) is 11.8 Å². The van der Waals surface area contributed by atoms with Gasteiger partial charge in [-0.15, -0.1) is 0 Å². The van der Waals surface area contributed by atoms with Crippen LogP contribution in [0.1, 0.15) is 29.8 Å². The topological polar surface area (TPSA) is 66.5 Å². The van der Waals surface area contributed by atoms with Crippen LogP contribution in [-0.4, -0.2) is 17.6 Å². The van der Waals surface area contributed by atoms with E-state index >= 15 is 0 Å². The van der Waals surface area contributed by atoms with E-state index in [-0.39, 0.29) is 16.5 Å². The number of carbonyl (C=O) groups excluding carboxylic acids is 3. The lowest BCUT2D eigenvalue weighted by Gasteiger charge is -2.18. The number of halogens is 1. The fourth-order valence-corrected chi connectivity index (χ4v) is 3.00. The number of para-hydroxylation sites is 1. The normalized spacial score (nSPS) is 14.2. The summed E-state index contributed by atoms with van der Waals surface area (Å²) in [6.07, 6.45) is 0.681. The van der Waals surface area contributed by atoms with Crippen LogP contribution in [0.15, 0.2) is 59.3 Å². The average Bonchev–Trinajstić information content (AvgIpc) is 2.85. The maximum absolute atomic E-state index is 12.8. The van der Waals surface area contributed by atoms with Gasteiger partial charge in [0.2, 0.25) is 0 Å². The Balaban J connectivity index is 1.90. The maximum atomic E-state index is 12.8. The molecule has 0 aromatic heterocycles. The molecule has 5 nitrogen and oxygen atoms in total. The highest BCUT2D eigenvalue weighted by molar-refractivity contribution is 6.53. The van der Waals surface area contributed by atoms with E-state index in [0.29, 0.717) is 23.4 Å². The fraction of sp³-hybridized carbons (Fsp3) is 0.150. The summed E-state index contributed by atoms with van der Waals surface area (Å²) in [5.41, 5.74) is 2.56. The van der Waals surface area contributed by atoms with Gasteiger partial charge in [-0.25, -0.2) is 4.90 Å². The van der Waals surface area contributed by atoms with Gasteiger partial charge in [-0.05, 0) is 49.2 Å². The molecule has 0 radical (unpaired) electrons. The van der Waals surface area contributed by atoms with Crippen molar-refractivity contribution < 1.29 is 14.4 Å². The summed E-state index contributed by atoms with van der Waals surface area (Å²) < 4.78 is 0. The zero-order valence-corrected chi connectivity index (χ0v) is 15.1. The van der Waals surface area contributed by atoms with Gasteiger partial charge in [0.05, 0.1) is 5.69 Å². The van der Waals surface area contributed by atoms with Crippen LogP contribution in [0.25, 0.3) is 0 Å². The molecule has 26 heavy (non-hydrogen) atoms. The molecule has 0 bridgehead atoms. The van der Waals surface area contributed by atoms with Gasteiger partial charge in [0, 0.05) is 11.3 Å². The quantitative estimate of drug-likeness (QED) is 0.642. The number of carbonyl (C=O) groups is 3. The Labute approximate surface area is 156 Å². The second-order valence-corrected chi connectivity index (χ2v) is 6.25. The number of Topliss-reactive ketones (excluding diaryl/α,β-unsaturated/α-hetero) is 1. The third-order valence-electron chi connectivity index (χ3n) is 4.20. The average molecular weight is 369 g/mol. The number of imide groups is 1. The second-order valence-electron chi connectivity index (χ2n) is 5.88. The third kappa shape index (κ3) is 3.13. The fourth-order valence-electron chi connectivity index (χ4n) is 2.79. The van der Waals surface area contributed by atoms with E-state index in [1.54, 1.807) is 36.4 Å².